The van der Waals surface area contributed by atoms with Crippen LogP contribution in [0.2, 0.25) is 5.02 Å². The van der Waals surface area contributed by atoms with Gasteiger partial charge < -0.3 is 0 Å². The molecule has 0 N–H and O–H groups in total. The quantitative estimate of drug-likeness (QED) is 0.618. The van der Waals surface area contributed by atoms with Crippen LogP contribution >= 0.6 is 22.9 Å². The van der Waals surface area contributed by atoms with E-state index in [4.69, 9.17) is 11.6 Å². The molecule has 0 aliphatic carbocycles. The summed E-state index contributed by atoms with van der Waals surface area (Å²) in [7, 11) is 0. The summed E-state index contributed by atoms with van der Waals surface area (Å²) >= 11 is 7.43. The van der Waals surface area contributed by atoms with Crippen LogP contribution in [0, 0.1) is 11.6 Å². The molecule has 0 saturated carbocycles. The molecule has 2 aromatic heterocycles. The van der Waals surface area contributed by atoms with Crippen LogP contribution in [-0.2, 0) is 0 Å². The van der Waals surface area contributed by atoms with E-state index in [1.165, 1.54) is 23.5 Å². The number of nitrogens with zero attached hydrogens (tertiary/aromatic N) is 1. The van der Waals surface area contributed by atoms with Crippen molar-refractivity contribution in [1.29, 1.82) is 0 Å². The van der Waals surface area contributed by atoms with E-state index in [9.17, 15) is 8.78 Å². The molecule has 1 aromatic carbocycles. The van der Waals surface area contributed by atoms with Crippen molar-refractivity contribution in [3.05, 3.63) is 52.5 Å². The third-order valence-electron chi connectivity index (χ3n) is 2.63. The van der Waals surface area contributed by atoms with E-state index < -0.39 is 11.6 Å². The Morgan fingerprint density at radius 3 is 2.72 bits per heavy atom. The fourth-order valence-corrected chi connectivity index (χ4v) is 3.01. The zero-order chi connectivity index (χ0) is 12.7. The summed E-state index contributed by atoms with van der Waals surface area (Å²) < 4.78 is 27.4. The number of fused-ring (bicyclic) bond motifs is 1. The van der Waals surface area contributed by atoms with Gasteiger partial charge >= 0.3 is 0 Å². The molecule has 5 heteroatoms. The van der Waals surface area contributed by atoms with Crippen LogP contribution in [0.15, 0.2) is 35.8 Å². The van der Waals surface area contributed by atoms with Crippen molar-refractivity contribution in [2.75, 3.05) is 0 Å². The number of pyridine rings is 1. The van der Waals surface area contributed by atoms with Crippen molar-refractivity contribution in [2.45, 2.75) is 0 Å². The molecule has 0 amide bonds. The highest BCUT2D eigenvalue weighted by atomic mass is 35.5. The lowest BCUT2D eigenvalue weighted by Crippen LogP contribution is -1.86. The van der Waals surface area contributed by atoms with Crippen LogP contribution in [-0.4, -0.2) is 4.98 Å². The molecule has 0 bridgehead atoms. The molecule has 0 aliphatic heterocycles. The van der Waals surface area contributed by atoms with Crippen LogP contribution in [0.1, 0.15) is 0 Å². The predicted octanol–water partition coefficient (Wildman–Crippen LogP) is 4.89. The molecule has 0 aliphatic rings. The average molecular weight is 282 g/mol. The van der Waals surface area contributed by atoms with Crippen molar-refractivity contribution in [2.24, 2.45) is 0 Å². The van der Waals surface area contributed by atoms with Gasteiger partial charge in [-0.2, -0.15) is 0 Å². The highest BCUT2D eigenvalue weighted by molar-refractivity contribution is 7.18. The van der Waals surface area contributed by atoms with Crippen molar-refractivity contribution in [3.63, 3.8) is 0 Å². The molecule has 3 rings (SSSR count). The maximum atomic E-state index is 13.7. The van der Waals surface area contributed by atoms with E-state index in [0.717, 1.165) is 10.8 Å². The summed E-state index contributed by atoms with van der Waals surface area (Å²) in [6.45, 7) is 0. The van der Waals surface area contributed by atoms with Crippen LogP contribution in [0.4, 0.5) is 8.78 Å². The highest BCUT2D eigenvalue weighted by Gasteiger charge is 2.13. The zero-order valence-electron chi connectivity index (χ0n) is 8.95. The second-order valence-corrected chi connectivity index (χ2v) is 5.03. The van der Waals surface area contributed by atoms with E-state index in [1.54, 1.807) is 17.6 Å². The van der Waals surface area contributed by atoms with Crippen LogP contribution in [0.5, 0.6) is 0 Å². The molecular weight excluding hydrogens is 276 g/mol. The number of thiophene rings is 1. The summed E-state index contributed by atoms with van der Waals surface area (Å²) in [5.74, 6) is -1.20. The lowest BCUT2D eigenvalue weighted by Gasteiger charge is -2.01. The van der Waals surface area contributed by atoms with Crippen LogP contribution in [0.3, 0.4) is 0 Å². The smallest absolute Gasteiger partial charge is 0.134 e. The second kappa shape index (κ2) is 4.30. The van der Waals surface area contributed by atoms with Gasteiger partial charge in [-0.15, -0.1) is 11.3 Å². The molecule has 3 aromatic rings. The van der Waals surface area contributed by atoms with Gasteiger partial charge in [-0.05, 0) is 18.2 Å². The normalized spacial score (nSPS) is 11.1. The maximum Gasteiger partial charge on any atom is 0.134 e. The van der Waals surface area contributed by atoms with Gasteiger partial charge in [0.1, 0.15) is 11.6 Å². The zero-order valence-corrected chi connectivity index (χ0v) is 10.5. The molecule has 1 nitrogen and oxygen atoms in total. The lowest BCUT2D eigenvalue weighted by molar-refractivity contribution is 0.585. The number of halogens is 3. The third-order valence-corrected chi connectivity index (χ3v) is 4.06. The van der Waals surface area contributed by atoms with Crippen molar-refractivity contribution < 1.29 is 8.78 Å². The van der Waals surface area contributed by atoms with Gasteiger partial charge in [0.05, 0.1) is 15.2 Å². The van der Waals surface area contributed by atoms with E-state index in [0.29, 0.717) is 21.7 Å². The maximum absolute atomic E-state index is 13.7. The molecule has 0 fully saturated rings. The standard InChI is InChI=1S/C13H6ClF2NS/c14-10-3-4-17-12-9(6-18-13(10)12)8-2-1-7(15)5-11(8)16/h1-6H. The number of benzene rings is 1. The molecule has 0 unspecified atom stereocenters. The Balaban J connectivity index is 2.29. The summed E-state index contributed by atoms with van der Waals surface area (Å²) in [5, 5.41) is 2.36. The van der Waals surface area contributed by atoms with Gasteiger partial charge in [-0.25, -0.2) is 8.78 Å². The van der Waals surface area contributed by atoms with Gasteiger partial charge in [0.2, 0.25) is 0 Å². The summed E-state index contributed by atoms with van der Waals surface area (Å²) in [6, 6.07) is 5.19. The Bertz CT molecular complexity index is 739. The van der Waals surface area contributed by atoms with Gasteiger partial charge in [0.15, 0.2) is 0 Å². The molecule has 2 heterocycles. The van der Waals surface area contributed by atoms with E-state index in [2.05, 4.69) is 4.98 Å². The first-order valence-electron chi connectivity index (χ1n) is 5.14. The van der Waals surface area contributed by atoms with Gasteiger partial charge in [0.25, 0.3) is 0 Å². The average Bonchev–Trinajstić information content (AvgIpc) is 2.74. The second-order valence-electron chi connectivity index (χ2n) is 3.74. The third kappa shape index (κ3) is 1.78. The Morgan fingerprint density at radius 2 is 1.94 bits per heavy atom. The van der Waals surface area contributed by atoms with Crippen molar-refractivity contribution in [1.82, 2.24) is 4.98 Å². The first-order chi connectivity index (χ1) is 8.66. The molecular formula is C13H6ClF2NS. The van der Waals surface area contributed by atoms with Crippen molar-refractivity contribution in [3.8, 4) is 11.1 Å². The topological polar surface area (TPSA) is 12.9 Å². The number of hydrogen-bond acceptors (Lipinski definition) is 2. The Morgan fingerprint density at radius 1 is 1.11 bits per heavy atom. The predicted molar refractivity (Wildman–Crippen MR) is 70.0 cm³/mol. The van der Waals surface area contributed by atoms with E-state index >= 15 is 0 Å². The fourth-order valence-electron chi connectivity index (χ4n) is 1.80. The van der Waals surface area contributed by atoms with Crippen LogP contribution < -0.4 is 0 Å². The van der Waals surface area contributed by atoms with E-state index in [-0.39, 0.29) is 0 Å². The molecule has 18 heavy (non-hydrogen) atoms. The number of aromatic nitrogens is 1. The van der Waals surface area contributed by atoms with Gasteiger partial charge in [0, 0.05) is 28.8 Å². The Hall–Kier alpha value is -1.52. The minimum atomic E-state index is -0.600. The summed E-state index contributed by atoms with van der Waals surface area (Å²) in [5.41, 5.74) is 1.60. The van der Waals surface area contributed by atoms with Crippen molar-refractivity contribution >= 4 is 33.2 Å². The summed E-state index contributed by atoms with van der Waals surface area (Å²) in [6.07, 6.45) is 1.57. The molecule has 0 radical (unpaired) electrons. The highest BCUT2D eigenvalue weighted by Crippen LogP contribution is 2.37. The Kier molecular flexibility index (Phi) is 2.76. The number of hydrogen-bond donors (Lipinski definition) is 0. The van der Waals surface area contributed by atoms with Gasteiger partial charge in [-0.1, -0.05) is 11.6 Å². The van der Waals surface area contributed by atoms with E-state index in [1.807, 2.05) is 0 Å². The lowest BCUT2D eigenvalue weighted by atomic mass is 10.1. The monoisotopic (exact) mass is 281 g/mol. The number of rotatable bonds is 1. The molecule has 90 valence electrons. The minimum Gasteiger partial charge on any atom is -0.255 e. The molecule has 0 spiro atoms. The van der Waals surface area contributed by atoms with Crippen LogP contribution in [0.25, 0.3) is 21.3 Å². The fraction of sp³-hybridized carbons (Fsp3) is 0. The Labute approximate surface area is 111 Å². The molecule has 0 atom stereocenters. The largest absolute Gasteiger partial charge is 0.255 e. The molecule has 0 saturated heterocycles. The minimum absolute atomic E-state index is 0.331. The van der Waals surface area contributed by atoms with Gasteiger partial charge in [-0.3, -0.25) is 4.98 Å². The first kappa shape index (κ1) is 11.6. The summed E-state index contributed by atoms with van der Waals surface area (Å²) in [4.78, 5) is 4.21. The SMILES string of the molecule is Fc1ccc(-c2csc3c(Cl)ccnc23)c(F)c1. The first-order valence-corrected chi connectivity index (χ1v) is 6.39.